The van der Waals surface area contributed by atoms with E-state index in [0.717, 1.165) is 13.0 Å². The molecule has 76 valence electrons. The summed E-state index contributed by atoms with van der Waals surface area (Å²) in [6.45, 7) is 2.87. The minimum atomic E-state index is -0.451. The Bertz CT molecular complexity index is 360. The summed E-state index contributed by atoms with van der Waals surface area (Å²) in [6.07, 6.45) is 0.983. The first-order valence-electron chi connectivity index (χ1n) is 4.51. The molecule has 1 aliphatic heterocycles. The zero-order valence-electron chi connectivity index (χ0n) is 8.15. The van der Waals surface area contributed by atoms with E-state index < -0.39 is 5.97 Å². The summed E-state index contributed by atoms with van der Waals surface area (Å²) in [5.74, 6) is 0.212. The molecule has 0 spiro atoms. The van der Waals surface area contributed by atoms with Gasteiger partial charge in [0.25, 0.3) is 0 Å². The van der Waals surface area contributed by atoms with E-state index >= 15 is 0 Å². The Balaban J connectivity index is 2.40. The standard InChI is InChI=1S/C8H12N4O2/c1-5-3-4-9-7-6(8(13)14-2)10-11-12(5)7/h5,9H,3-4H2,1-2H3. The number of hydrogen-bond donors (Lipinski definition) is 1. The van der Waals surface area contributed by atoms with Crippen molar-refractivity contribution in [2.45, 2.75) is 19.4 Å². The summed E-state index contributed by atoms with van der Waals surface area (Å²) in [5, 5.41) is 10.8. The van der Waals surface area contributed by atoms with Gasteiger partial charge in [0.15, 0.2) is 5.82 Å². The molecule has 0 amide bonds. The van der Waals surface area contributed by atoms with Gasteiger partial charge in [-0.2, -0.15) is 0 Å². The second-order valence-electron chi connectivity index (χ2n) is 3.29. The molecule has 6 nitrogen and oxygen atoms in total. The van der Waals surface area contributed by atoms with E-state index in [1.54, 1.807) is 4.68 Å². The van der Waals surface area contributed by atoms with E-state index in [1.807, 2.05) is 6.92 Å². The molecule has 6 heteroatoms. The average molecular weight is 196 g/mol. The van der Waals surface area contributed by atoms with Gasteiger partial charge in [-0.05, 0) is 13.3 Å². The predicted octanol–water partition coefficient (Wildman–Crippen LogP) is 0.441. The summed E-state index contributed by atoms with van der Waals surface area (Å²) >= 11 is 0. The van der Waals surface area contributed by atoms with Crippen LogP contribution in [0, 0.1) is 0 Å². The van der Waals surface area contributed by atoms with Gasteiger partial charge < -0.3 is 10.1 Å². The Labute approximate surface area is 81.2 Å². The molecule has 2 rings (SSSR count). The SMILES string of the molecule is COC(=O)c1nnn2c1NCCC2C. The summed E-state index contributed by atoms with van der Waals surface area (Å²) < 4.78 is 6.32. The summed E-state index contributed by atoms with van der Waals surface area (Å²) in [4.78, 5) is 11.3. The molecule has 0 aromatic carbocycles. The number of carbonyl (C=O) groups is 1. The van der Waals surface area contributed by atoms with E-state index in [0.29, 0.717) is 5.82 Å². The number of hydrogen-bond acceptors (Lipinski definition) is 5. The normalized spacial score (nSPS) is 19.7. The number of methoxy groups -OCH3 is 1. The fourth-order valence-electron chi connectivity index (χ4n) is 1.52. The molecular formula is C8H12N4O2. The van der Waals surface area contributed by atoms with Crippen LogP contribution in [0.25, 0.3) is 0 Å². The van der Waals surface area contributed by atoms with Crippen molar-refractivity contribution in [1.29, 1.82) is 0 Å². The lowest BCUT2D eigenvalue weighted by atomic mass is 10.2. The van der Waals surface area contributed by atoms with Crippen LogP contribution in [-0.2, 0) is 4.74 Å². The van der Waals surface area contributed by atoms with Gasteiger partial charge in [-0.1, -0.05) is 5.21 Å². The molecule has 0 saturated heterocycles. The fraction of sp³-hybridized carbons (Fsp3) is 0.625. The molecule has 1 aromatic heterocycles. The number of rotatable bonds is 1. The maximum atomic E-state index is 11.3. The van der Waals surface area contributed by atoms with E-state index in [9.17, 15) is 4.79 Å². The zero-order chi connectivity index (χ0) is 10.1. The topological polar surface area (TPSA) is 69.0 Å². The molecule has 0 bridgehead atoms. The largest absolute Gasteiger partial charge is 0.464 e. The highest BCUT2D eigenvalue weighted by Crippen LogP contribution is 2.24. The van der Waals surface area contributed by atoms with Crippen LogP contribution in [0.3, 0.4) is 0 Å². The highest BCUT2D eigenvalue weighted by molar-refractivity contribution is 5.92. The number of nitrogens with one attached hydrogen (secondary N) is 1. The third kappa shape index (κ3) is 1.23. The Morgan fingerprint density at radius 3 is 3.21 bits per heavy atom. The minimum absolute atomic E-state index is 0.263. The highest BCUT2D eigenvalue weighted by atomic mass is 16.5. The third-order valence-corrected chi connectivity index (χ3v) is 2.35. The van der Waals surface area contributed by atoms with Crippen molar-refractivity contribution in [3.8, 4) is 0 Å². The Hall–Kier alpha value is -1.59. The lowest BCUT2D eigenvalue weighted by Gasteiger charge is -2.21. The molecule has 1 aromatic rings. The van der Waals surface area contributed by atoms with Crippen LogP contribution in [-0.4, -0.2) is 34.6 Å². The third-order valence-electron chi connectivity index (χ3n) is 2.35. The fourth-order valence-corrected chi connectivity index (χ4v) is 1.52. The maximum absolute atomic E-state index is 11.3. The number of aromatic nitrogens is 3. The molecule has 0 aliphatic carbocycles. The molecule has 2 heterocycles. The highest BCUT2D eigenvalue weighted by Gasteiger charge is 2.25. The van der Waals surface area contributed by atoms with Crippen molar-refractivity contribution in [2.75, 3.05) is 19.0 Å². The van der Waals surface area contributed by atoms with Gasteiger partial charge in [0.2, 0.25) is 5.69 Å². The van der Waals surface area contributed by atoms with Crippen molar-refractivity contribution in [3.05, 3.63) is 5.69 Å². The lowest BCUT2D eigenvalue weighted by molar-refractivity contribution is 0.0595. The molecular weight excluding hydrogens is 184 g/mol. The van der Waals surface area contributed by atoms with Crippen molar-refractivity contribution < 1.29 is 9.53 Å². The Morgan fingerprint density at radius 2 is 2.50 bits per heavy atom. The van der Waals surface area contributed by atoms with Crippen molar-refractivity contribution in [2.24, 2.45) is 0 Å². The molecule has 1 atom stereocenters. The summed E-state index contributed by atoms with van der Waals surface area (Å²) in [5.41, 5.74) is 0.263. The van der Waals surface area contributed by atoms with Crippen molar-refractivity contribution in [3.63, 3.8) is 0 Å². The van der Waals surface area contributed by atoms with E-state index in [4.69, 9.17) is 0 Å². The van der Waals surface area contributed by atoms with Crippen LogP contribution in [0.1, 0.15) is 29.9 Å². The number of anilines is 1. The summed E-state index contributed by atoms with van der Waals surface area (Å²) in [7, 11) is 1.33. The monoisotopic (exact) mass is 196 g/mol. The van der Waals surface area contributed by atoms with Gasteiger partial charge in [0, 0.05) is 6.54 Å². The molecule has 1 unspecified atom stereocenters. The number of nitrogens with zero attached hydrogens (tertiary/aromatic N) is 3. The molecule has 0 fully saturated rings. The first-order chi connectivity index (χ1) is 6.74. The molecule has 0 radical (unpaired) electrons. The van der Waals surface area contributed by atoms with Gasteiger partial charge in [0.1, 0.15) is 0 Å². The van der Waals surface area contributed by atoms with Crippen molar-refractivity contribution in [1.82, 2.24) is 15.0 Å². The van der Waals surface area contributed by atoms with E-state index in [2.05, 4.69) is 20.4 Å². The molecule has 0 saturated carbocycles. The van der Waals surface area contributed by atoms with Gasteiger partial charge >= 0.3 is 5.97 Å². The van der Waals surface area contributed by atoms with Gasteiger partial charge in [0.05, 0.1) is 13.2 Å². The quantitative estimate of drug-likeness (QED) is 0.660. The number of carbonyl (C=O) groups excluding carboxylic acids is 1. The number of esters is 1. The Morgan fingerprint density at radius 1 is 1.71 bits per heavy atom. The average Bonchev–Trinajstić information content (AvgIpc) is 2.62. The molecule has 1 N–H and O–H groups in total. The molecule has 1 aliphatic rings. The second kappa shape index (κ2) is 3.28. The van der Waals surface area contributed by atoms with E-state index in [1.165, 1.54) is 7.11 Å². The summed E-state index contributed by atoms with van der Waals surface area (Å²) in [6, 6.07) is 0.275. The maximum Gasteiger partial charge on any atom is 0.362 e. The second-order valence-corrected chi connectivity index (χ2v) is 3.29. The van der Waals surface area contributed by atoms with Crippen molar-refractivity contribution >= 4 is 11.8 Å². The molecule has 14 heavy (non-hydrogen) atoms. The smallest absolute Gasteiger partial charge is 0.362 e. The van der Waals surface area contributed by atoms with Gasteiger partial charge in [-0.15, -0.1) is 5.10 Å². The minimum Gasteiger partial charge on any atom is -0.464 e. The number of fused-ring (bicyclic) bond motifs is 1. The van der Waals surface area contributed by atoms with Crippen LogP contribution in [0.4, 0.5) is 5.82 Å². The number of ether oxygens (including phenoxy) is 1. The first-order valence-corrected chi connectivity index (χ1v) is 4.51. The lowest BCUT2D eigenvalue weighted by Crippen LogP contribution is -2.22. The van der Waals surface area contributed by atoms with E-state index in [-0.39, 0.29) is 11.7 Å². The zero-order valence-corrected chi connectivity index (χ0v) is 8.15. The predicted molar refractivity (Wildman–Crippen MR) is 49.2 cm³/mol. The van der Waals surface area contributed by atoms with Crippen LogP contribution in [0.15, 0.2) is 0 Å². The van der Waals surface area contributed by atoms with Crippen LogP contribution >= 0.6 is 0 Å². The van der Waals surface area contributed by atoms with Crippen LogP contribution in [0.5, 0.6) is 0 Å². The van der Waals surface area contributed by atoms with Gasteiger partial charge in [-0.25, -0.2) is 9.48 Å². The first kappa shape index (κ1) is 8.98. The van der Waals surface area contributed by atoms with Gasteiger partial charge in [-0.3, -0.25) is 0 Å². The van der Waals surface area contributed by atoms with Crippen LogP contribution < -0.4 is 5.32 Å². The Kier molecular flexibility index (Phi) is 2.11. The van der Waals surface area contributed by atoms with Crippen LogP contribution in [0.2, 0.25) is 0 Å².